The van der Waals surface area contributed by atoms with Crippen molar-refractivity contribution in [3.05, 3.63) is 28.2 Å². The average molecular weight is 367 g/mol. The molecule has 3 nitrogen and oxygen atoms in total. The van der Waals surface area contributed by atoms with Gasteiger partial charge in [0, 0.05) is 23.2 Å². The molecule has 0 saturated carbocycles. The van der Waals surface area contributed by atoms with Crippen LogP contribution >= 0.6 is 15.9 Å². The Morgan fingerprint density at radius 2 is 1.95 bits per heavy atom. The quantitative estimate of drug-likeness (QED) is 0.838. The van der Waals surface area contributed by atoms with Crippen LogP contribution in [0.5, 0.6) is 0 Å². The van der Waals surface area contributed by atoms with Gasteiger partial charge in [-0.1, -0.05) is 15.9 Å². The van der Waals surface area contributed by atoms with Gasteiger partial charge in [0.2, 0.25) is 0 Å². The van der Waals surface area contributed by atoms with Crippen molar-refractivity contribution in [2.75, 3.05) is 31.5 Å². The van der Waals surface area contributed by atoms with E-state index >= 15 is 0 Å². The van der Waals surface area contributed by atoms with Gasteiger partial charge in [-0.15, -0.1) is 0 Å². The van der Waals surface area contributed by atoms with E-state index in [0.717, 1.165) is 32.0 Å². The molecular formula is C14H18BrF3N2O. The van der Waals surface area contributed by atoms with Crippen LogP contribution in [0, 0.1) is 0 Å². The maximum atomic E-state index is 12.8. The van der Waals surface area contributed by atoms with Crippen LogP contribution in [0.15, 0.2) is 22.7 Å². The Balaban J connectivity index is 1.90. The first-order valence-corrected chi connectivity index (χ1v) is 7.66. The number of anilines is 1. The molecule has 1 aliphatic heterocycles. The number of β-amino-alcohol motifs (C(OH)–C–C–N with tert-alkyl or cyclic N) is 1. The van der Waals surface area contributed by atoms with E-state index < -0.39 is 17.8 Å². The number of hydrogen-bond acceptors (Lipinski definition) is 3. The van der Waals surface area contributed by atoms with E-state index in [1.165, 1.54) is 6.07 Å². The highest BCUT2D eigenvalue weighted by atomic mass is 79.9. The van der Waals surface area contributed by atoms with E-state index in [0.29, 0.717) is 12.2 Å². The van der Waals surface area contributed by atoms with Crippen LogP contribution in [0.1, 0.15) is 18.4 Å². The highest BCUT2D eigenvalue weighted by molar-refractivity contribution is 9.10. The van der Waals surface area contributed by atoms with Crippen molar-refractivity contribution in [1.29, 1.82) is 0 Å². The monoisotopic (exact) mass is 366 g/mol. The van der Waals surface area contributed by atoms with Crippen molar-refractivity contribution in [1.82, 2.24) is 4.90 Å². The van der Waals surface area contributed by atoms with Gasteiger partial charge in [-0.25, -0.2) is 0 Å². The average Bonchev–Trinajstić information content (AvgIpc) is 2.89. The Hall–Kier alpha value is -0.790. The van der Waals surface area contributed by atoms with Crippen LogP contribution in [-0.2, 0) is 6.18 Å². The Bertz CT molecular complexity index is 476. The van der Waals surface area contributed by atoms with Crippen LogP contribution in [0.4, 0.5) is 18.9 Å². The number of likely N-dealkylation sites (tertiary alicyclic amines) is 1. The van der Waals surface area contributed by atoms with Gasteiger partial charge in [-0.2, -0.15) is 13.2 Å². The summed E-state index contributed by atoms with van der Waals surface area (Å²) in [6.45, 7) is 2.74. The molecule has 2 N–H and O–H groups in total. The fourth-order valence-corrected chi connectivity index (χ4v) is 2.89. The van der Waals surface area contributed by atoms with E-state index in [-0.39, 0.29) is 11.0 Å². The number of aliphatic hydroxyl groups excluding tert-OH is 1. The number of aliphatic hydroxyl groups is 1. The first kappa shape index (κ1) is 16.6. The molecule has 2 rings (SSSR count). The van der Waals surface area contributed by atoms with E-state index in [1.54, 1.807) is 6.07 Å². The summed E-state index contributed by atoms with van der Waals surface area (Å²) >= 11 is 2.90. The van der Waals surface area contributed by atoms with E-state index in [2.05, 4.69) is 26.1 Å². The lowest BCUT2D eigenvalue weighted by molar-refractivity contribution is -0.138. The molecule has 1 unspecified atom stereocenters. The summed E-state index contributed by atoms with van der Waals surface area (Å²) < 4.78 is 38.4. The SMILES string of the molecule is OC(CNc1ccc(Br)c(C(F)(F)F)c1)CN1CCCC1. The molecule has 1 atom stereocenters. The Labute approximate surface area is 130 Å². The number of nitrogens with zero attached hydrogens (tertiary/aromatic N) is 1. The smallest absolute Gasteiger partial charge is 0.390 e. The largest absolute Gasteiger partial charge is 0.417 e. The lowest BCUT2D eigenvalue weighted by Gasteiger charge is -2.20. The van der Waals surface area contributed by atoms with Crippen molar-refractivity contribution in [3.8, 4) is 0 Å². The molecule has 0 aliphatic carbocycles. The summed E-state index contributed by atoms with van der Waals surface area (Å²) in [5.74, 6) is 0. The number of nitrogens with one attached hydrogen (secondary N) is 1. The summed E-state index contributed by atoms with van der Waals surface area (Å²) in [7, 11) is 0. The number of benzene rings is 1. The summed E-state index contributed by atoms with van der Waals surface area (Å²) in [6, 6.07) is 3.96. The number of rotatable bonds is 5. The molecule has 0 aromatic heterocycles. The van der Waals surface area contributed by atoms with Crippen molar-refractivity contribution in [3.63, 3.8) is 0 Å². The minimum absolute atomic E-state index is 0.0122. The first-order chi connectivity index (χ1) is 9.86. The van der Waals surface area contributed by atoms with Crippen molar-refractivity contribution >= 4 is 21.6 Å². The van der Waals surface area contributed by atoms with Gasteiger partial charge in [-0.05, 0) is 44.1 Å². The van der Waals surface area contributed by atoms with E-state index in [1.807, 2.05) is 0 Å². The second kappa shape index (κ2) is 6.98. The molecule has 118 valence electrons. The van der Waals surface area contributed by atoms with Gasteiger partial charge in [-0.3, -0.25) is 0 Å². The molecular weight excluding hydrogens is 349 g/mol. The maximum absolute atomic E-state index is 12.8. The van der Waals surface area contributed by atoms with Gasteiger partial charge >= 0.3 is 6.18 Å². The maximum Gasteiger partial charge on any atom is 0.417 e. The second-order valence-electron chi connectivity index (χ2n) is 5.23. The first-order valence-electron chi connectivity index (χ1n) is 6.87. The topological polar surface area (TPSA) is 35.5 Å². The summed E-state index contributed by atoms with van der Waals surface area (Å²) in [5, 5.41) is 12.8. The molecule has 21 heavy (non-hydrogen) atoms. The summed E-state index contributed by atoms with van der Waals surface area (Å²) in [4.78, 5) is 2.16. The Morgan fingerprint density at radius 3 is 2.57 bits per heavy atom. The fourth-order valence-electron chi connectivity index (χ4n) is 2.42. The van der Waals surface area contributed by atoms with Crippen LogP contribution in [0.3, 0.4) is 0 Å². The van der Waals surface area contributed by atoms with Crippen LogP contribution < -0.4 is 5.32 Å². The van der Waals surface area contributed by atoms with Gasteiger partial charge in [0.25, 0.3) is 0 Å². The molecule has 0 bridgehead atoms. The summed E-state index contributed by atoms with van der Waals surface area (Å²) in [5.41, 5.74) is -0.368. The normalized spacial score (nSPS) is 18.0. The fraction of sp³-hybridized carbons (Fsp3) is 0.571. The number of hydrogen-bond donors (Lipinski definition) is 2. The lowest BCUT2D eigenvalue weighted by atomic mass is 10.2. The predicted octanol–water partition coefficient (Wildman–Crippen LogP) is 3.34. The van der Waals surface area contributed by atoms with Gasteiger partial charge in [0.05, 0.1) is 11.7 Å². The molecule has 0 spiro atoms. The lowest BCUT2D eigenvalue weighted by Crippen LogP contribution is -2.34. The van der Waals surface area contributed by atoms with Crippen molar-refractivity contribution in [2.45, 2.75) is 25.1 Å². The molecule has 1 saturated heterocycles. The number of alkyl halides is 3. The zero-order valence-corrected chi connectivity index (χ0v) is 13.0. The molecule has 0 amide bonds. The zero-order chi connectivity index (χ0) is 15.5. The van der Waals surface area contributed by atoms with Crippen molar-refractivity contribution < 1.29 is 18.3 Å². The minimum atomic E-state index is -4.40. The number of halogens is 4. The standard InChI is InChI=1S/C14H18BrF3N2O/c15-13-4-3-10(7-12(13)14(16,17)18)19-8-11(21)9-20-5-1-2-6-20/h3-4,7,11,19,21H,1-2,5-6,8-9H2. The molecule has 0 radical (unpaired) electrons. The van der Waals surface area contributed by atoms with Gasteiger partial charge in [0.1, 0.15) is 0 Å². The highest BCUT2D eigenvalue weighted by Crippen LogP contribution is 2.36. The third-order valence-corrected chi connectivity index (χ3v) is 4.17. The second-order valence-corrected chi connectivity index (χ2v) is 6.09. The van der Waals surface area contributed by atoms with E-state index in [4.69, 9.17) is 0 Å². The van der Waals surface area contributed by atoms with Crippen LogP contribution in [0.25, 0.3) is 0 Å². The van der Waals surface area contributed by atoms with Crippen molar-refractivity contribution in [2.24, 2.45) is 0 Å². The zero-order valence-electron chi connectivity index (χ0n) is 11.5. The molecule has 1 aromatic rings. The minimum Gasteiger partial charge on any atom is -0.390 e. The summed E-state index contributed by atoms with van der Waals surface area (Å²) in [6.07, 6.45) is -2.71. The third-order valence-electron chi connectivity index (χ3n) is 3.48. The molecule has 1 aromatic carbocycles. The van der Waals surface area contributed by atoms with Crippen LogP contribution in [-0.4, -0.2) is 42.3 Å². The molecule has 1 heterocycles. The van der Waals surface area contributed by atoms with Gasteiger partial charge < -0.3 is 15.3 Å². The Kier molecular flexibility index (Phi) is 5.51. The van der Waals surface area contributed by atoms with E-state index in [9.17, 15) is 18.3 Å². The van der Waals surface area contributed by atoms with Gasteiger partial charge in [0.15, 0.2) is 0 Å². The third kappa shape index (κ3) is 4.86. The molecule has 1 aliphatic rings. The van der Waals surface area contributed by atoms with Crippen LogP contribution in [0.2, 0.25) is 0 Å². The molecule has 7 heteroatoms. The Morgan fingerprint density at radius 1 is 1.29 bits per heavy atom. The highest BCUT2D eigenvalue weighted by Gasteiger charge is 2.33. The molecule has 1 fully saturated rings. The predicted molar refractivity (Wildman–Crippen MR) is 79.3 cm³/mol.